The second-order valence-corrected chi connectivity index (χ2v) is 20.1. The molecule has 0 atom stereocenters. The molecule has 8 aromatic rings. The molecule has 14 nitrogen and oxygen atoms in total. The third-order valence-corrected chi connectivity index (χ3v) is 9.44. The zero-order valence-corrected chi connectivity index (χ0v) is 36.2. The van der Waals surface area contributed by atoms with Gasteiger partial charge in [0.05, 0.1) is 47.5 Å². The minimum Gasteiger partial charge on any atom is -0.496 e. The number of aromatic nitrogens is 8. The van der Waals surface area contributed by atoms with Gasteiger partial charge in [0.15, 0.2) is 0 Å². The topological polar surface area (TPSA) is 191 Å². The molecule has 0 aliphatic carbocycles. The first-order valence-electron chi connectivity index (χ1n) is 17.8. The average molecular weight is 909 g/mol. The van der Waals surface area contributed by atoms with Gasteiger partial charge in [-0.1, -0.05) is 50.6 Å². The van der Waals surface area contributed by atoms with E-state index in [0.717, 1.165) is 115 Å². The van der Waals surface area contributed by atoms with E-state index in [4.69, 9.17) is 30.1 Å². The van der Waals surface area contributed by atoms with E-state index in [0.29, 0.717) is 27.8 Å². The first-order chi connectivity index (χ1) is 27.1. The van der Waals surface area contributed by atoms with Crippen molar-refractivity contribution in [1.29, 1.82) is 0 Å². The lowest BCUT2D eigenvalue weighted by atomic mass is 10.0. The lowest BCUT2D eigenvalue weighted by Gasteiger charge is -2.09. The van der Waals surface area contributed by atoms with Crippen molar-refractivity contribution in [3.63, 3.8) is 0 Å². The van der Waals surface area contributed by atoms with E-state index in [-0.39, 0.29) is 20.4 Å². The molecule has 0 spiro atoms. The fraction of sp³-hybridized carbons (Fsp3) is 0.350. The van der Waals surface area contributed by atoms with Crippen molar-refractivity contribution >= 4 is 94.4 Å². The number of hydrogen-bond donors (Lipinski definition) is 3. The number of rotatable bonds is 8. The molecule has 0 aliphatic rings. The number of ether oxygens (including phenoxy) is 2. The van der Waals surface area contributed by atoms with Gasteiger partial charge < -0.3 is 33.5 Å². The molecule has 0 amide bonds. The predicted octanol–water partition coefficient (Wildman–Crippen LogP) is 12.7. The van der Waals surface area contributed by atoms with Crippen molar-refractivity contribution in [2.45, 2.75) is 82.1 Å². The molecule has 316 valence electrons. The van der Waals surface area contributed by atoms with Crippen molar-refractivity contribution in [2.75, 3.05) is 14.2 Å². The molecule has 0 aliphatic heterocycles. The molecule has 8 rings (SSSR count). The van der Waals surface area contributed by atoms with Crippen LogP contribution in [0.1, 0.15) is 76.1 Å². The maximum Gasteiger partial charge on any atom is 0.339 e. The summed E-state index contributed by atoms with van der Waals surface area (Å²) in [5, 5.41) is 8.38. The van der Waals surface area contributed by atoms with Crippen LogP contribution in [0, 0.1) is 27.7 Å². The van der Waals surface area contributed by atoms with Crippen LogP contribution < -0.4 is 15.0 Å². The quantitative estimate of drug-likeness (QED) is 0.0971. The Morgan fingerprint density at radius 3 is 1.58 bits per heavy atom. The molecule has 0 unspecified atom stereocenters. The fourth-order valence-corrected chi connectivity index (χ4v) is 7.14. The smallest absolute Gasteiger partial charge is 0.339 e. The summed E-state index contributed by atoms with van der Waals surface area (Å²) in [5.74, 6) is 4.28. The van der Waals surface area contributed by atoms with Crippen LogP contribution in [0.2, 0.25) is 5.15 Å². The van der Waals surface area contributed by atoms with Gasteiger partial charge in [-0.2, -0.15) is 0 Å². The molecule has 0 saturated carbocycles. The van der Waals surface area contributed by atoms with E-state index in [1.165, 1.54) is 0 Å². The zero-order chi connectivity index (χ0) is 41.3. The fourth-order valence-electron chi connectivity index (χ4n) is 6.86. The summed E-state index contributed by atoms with van der Waals surface area (Å²) in [6, 6.07) is 7.81. The Kier molecular flexibility index (Phi) is 15.3. The van der Waals surface area contributed by atoms with Crippen LogP contribution in [0.3, 0.4) is 0 Å². The van der Waals surface area contributed by atoms with Crippen LogP contribution >= 0.6 is 50.5 Å². The molecule has 0 radical (unpaired) electrons. The van der Waals surface area contributed by atoms with E-state index in [1.807, 2.05) is 52.0 Å². The van der Waals surface area contributed by atoms with Crippen LogP contribution in [-0.2, 0) is 17.4 Å². The summed E-state index contributed by atoms with van der Waals surface area (Å²) >= 11 is 20.3. The van der Waals surface area contributed by atoms with Gasteiger partial charge in [0.2, 0.25) is 0 Å². The van der Waals surface area contributed by atoms with Crippen molar-refractivity contribution in [1.82, 2.24) is 40.2 Å². The monoisotopic (exact) mass is 906 g/mol. The Morgan fingerprint density at radius 1 is 0.695 bits per heavy atom. The SMILES string of the molecule is C.C.CCCc1nc(Cl)c2c(n1)[nH]c1cc(-c3c(C)noc3C)c(OC)cc12.CCCc1nc2[nH]c3cc(-c4c(C)noc4C)c(OC)cc3c2c(=O)[nH]1.O=P(Cl)(Cl)Cl. The van der Waals surface area contributed by atoms with E-state index in [2.05, 4.69) is 87.8 Å². The van der Waals surface area contributed by atoms with Gasteiger partial charge >= 0.3 is 5.20 Å². The van der Waals surface area contributed by atoms with Crippen LogP contribution in [0.25, 0.3) is 66.1 Å². The number of hydrogen-bond acceptors (Lipinski definition) is 11. The summed E-state index contributed by atoms with van der Waals surface area (Å²) in [4.78, 5) is 35.7. The van der Waals surface area contributed by atoms with Gasteiger partial charge in [-0.25, -0.2) is 15.0 Å². The summed E-state index contributed by atoms with van der Waals surface area (Å²) in [7, 11) is 3.26. The van der Waals surface area contributed by atoms with E-state index >= 15 is 0 Å². The molecule has 6 heterocycles. The van der Waals surface area contributed by atoms with E-state index in [1.54, 1.807) is 14.2 Å². The maximum absolute atomic E-state index is 12.6. The Hall–Kier alpha value is -4.59. The van der Waals surface area contributed by atoms with Gasteiger partial charge in [0, 0.05) is 45.8 Å². The van der Waals surface area contributed by atoms with Crippen LogP contribution in [0.4, 0.5) is 0 Å². The van der Waals surface area contributed by atoms with E-state index in [9.17, 15) is 9.36 Å². The number of benzene rings is 2. The number of fused-ring (bicyclic) bond motifs is 6. The molecule has 0 fully saturated rings. The third kappa shape index (κ3) is 9.90. The number of halogens is 4. The second-order valence-electron chi connectivity index (χ2n) is 13.1. The number of aryl methyl sites for hydroxylation is 6. The Balaban J connectivity index is 0.000000227. The average Bonchev–Trinajstić information content (AvgIpc) is 3.88. The molecule has 3 N–H and O–H groups in total. The summed E-state index contributed by atoms with van der Waals surface area (Å²) in [6.07, 6.45) is 3.40. The second kappa shape index (κ2) is 19.2. The first-order valence-corrected chi connectivity index (χ1v) is 22.6. The number of aromatic amines is 3. The highest BCUT2D eigenvalue weighted by Gasteiger charge is 2.22. The molecule has 0 saturated heterocycles. The first kappa shape index (κ1) is 47.1. The minimum atomic E-state index is -3.22. The predicted molar refractivity (Wildman–Crippen MR) is 240 cm³/mol. The lowest BCUT2D eigenvalue weighted by Crippen LogP contribution is -2.11. The lowest BCUT2D eigenvalue weighted by molar-refractivity contribution is 0.393. The zero-order valence-electron chi connectivity index (χ0n) is 32.3. The Bertz CT molecular complexity index is 2830. The minimum absolute atomic E-state index is 0. The number of H-pyrrole nitrogens is 3. The van der Waals surface area contributed by atoms with Crippen LogP contribution in [-0.4, -0.2) is 54.4 Å². The maximum atomic E-state index is 12.6. The number of nitrogens with one attached hydrogen (secondary N) is 3. The van der Waals surface area contributed by atoms with E-state index < -0.39 is 5.20 Å². The largest absolute Gasteiger partial charge is 0.496 e. The molecular formula is C40H47Cl4N8O6P. The molecule has 59 heavy (non-hydrogen) atoms. The highest BCUT2D eigenvalue weighted by atomic mass is 36.0. The standard InChI is InChI=1S/C19H19ClN4O2.C19H20N4O3.2CH4.Cl3OP/c1-5-6-15-22-18(20)17-11-8-14(25-4)12(7-13(11)21-19(17)23-15)16-9(2)24-26-10(16)3;1-5-6-15-21-18-17(19(24)22-15)11-8-14(25-4)12(7-13(11)20-18)16-9(2)23-26-10(16)3;;;1-5(2,3)4/h7-8H,5-6H2,1-4H3,(H,21,22,23);7-8H,5-6H2,1-4H3,(H2,20,21,22,24);2*1H4;. The van der Waals surface area contributed by atoms with Gasteiger partial charge in [-0.15, -0.1) is 0 Å². The van der Waals surface area contributed by atoms with Gasteiger partial charge in [-0.3, -0.25) is 9.36 Å². The van der Waals surface area contributed by atoms with Crippen LogP contribution in [0.15, 0.2) is 38.1 Å². The van der Waals surface area contributed by atoms with Crippen LogP contribution in [0.5, 0.6) is 11.5 Å². The number of methoxy groups -OCH3 is 2. The third-order valence-electron chi connectivity index (χ3n) is 9.17. The Morgan fingerprint density at radius 2 is 1.15 bits per heavy atom. The van der Waals surface area contributed by atoms with Gasteiger partial charge in [0.1, 0.15) is 51.1 Å². The van der Waals surface area contributed by atoms with Gasteiger partial charge in [-0.05, 0) is 98.5 Å². The van der Waals surface area contributed by atoms with Crippen molar-refractivity contribution in [2.24, 2.45) is 0 Å². The molecule has 2 aromatic carbocycles. The van der Waals surface area contributed by atoms with Crippen molar-refractivity contribution < 1.29 is 23.1 Å². The molecule has 0 bridgehead atoms. The summed E-state index contributed by atoms with van der Waals surface area (Å²) in [6.45, 7) is 11.7. The highest BCUT2D eigenvalue weighted by molar-refractivity contribution is 8.24. The summed E-state index contributed by atoms with van der Waals surface area (Å²) < 4.78 is 31.4. The summed E-state index contributed by atoms with van der Waals surface area (Å²) in [5.41, 5.74) is 8.15. The van der Waals surface area contributed by atoms with Gasteiger partial charge in [0.25, 0.3) is 5.56 Å². The Labute approximate surface area is 360 Å². The molecular weight excluding hydrogens is 861 g/mol. The molecule has 6 aromatic heterocycles. The normalized spacial score (nSPS) is 11.2. The number of nitrogens with zero attached hydrogens (tertiary/aromatic N) is 5. The molecule has 19 heteroatoms. The highest BCUT2D eigenvalue weighted by Crippen LogP contribution is 2.61. The van der Waals surface area contributed by atoms with Crippen molar-refractivity contribution in [3.05, 3.63) is 74.3 Å². The van der Waals surface area contributed by atoms with Crippen molar-refractivity contribution in [3.8, 4) is 33.8 Å².